The number of nitrogens with zero attached hydrogens (tertiary/aromatic N) is 2. The van der Waals surface area contributed by atoms with Crippen LogP contribution in [0, 0.1) is 5.92 Å². The predicted molar refractivity (Wildman–Crippen MR) is 89.9 cm³/mol. The van der Waals surface area contributed by atoms with Crippen LogP contribution in [0.3, 0.4) is 0 Å². The molecule has 1 aliphatic rings. The summed E-state index contributed by atoms with van der Waals surface area (Å²) in [6, 6.07) is 0.638. The molecule has 0 radical (unpaired) electrons. The monoisotopic (exact) mass is 368 g/mol. The Labute approximate surface area is 129 Å². The quantitative estimate of drug-likeness (QED) is 0.410. The first-order chi connectivity index (χ1) is 8.21. The van der Waals surface area contributed by atoms with Gasteiger partial charge in [-0.3, -0.25) is 4.99 Å². The highest BCUT2D eigenvalue weighted by molar-refractivity contribution is 14.0. The van der Waals surface area contributed by atoms with E-state index in [4.69, 9.17) is 0 Å². The molecular weight excluding hydrogens is 339 g/mol. The standard InChI is InChI=1S/C13H28N4.HI/c1-5-8-17(6-2)9-7-15-13(14-4)16-12-10-11(12)3;/h11-12H,5-10H2,1-4H3,(H2,14,15,16);1H. The fourth-order valence-corrected chi connectivity index (χ4v) is 1.97. The molecule has 2 N–H and O–H groups in total. The van der Waals surface area contributed by atoms with E-state index in [0.29, 0.717) is 6.04 Å². The fourth-order valence-electron chi connectivity index (χ4n) is 1.97. The summed E-state index contributed by atoms with van der Waals surface area (Å²) in [7, 11) is 1.84. The topological polar surface area (TPSA) is 39.7 Å². The van der Waals surface area contributed by atoms with E-state index in [1.54, 1.807) is 0 Å². The summed E-state index contributed by atoms with van der Waals surface area (Å²) in [4.78, 5) is 6.71. The molecule has 0 bridgehead atoms. The highest BCUT2D eigenvalue weighted by atomic mass is 127. The number of guanidine groups is 1. The summed E-state index contributed by atoms with van der Waals surface area (Å²) in [5, 5.41) is 6.82. The number of halogens is 1. The molecule has 18 heavy (non-hydrogen) atoms. The van der Waals surface area contributed by atoms with Gasteiger partial charge in [0.2, 0.25) is 0 Å². The lowest BCUT2D eigenvalue weighted by molar-refractivity contribution is 0.293. The van der Waals surface area contributed by atoms with Gasteiger partial charge in [-0.25, -0.2) is 0 Å². The number of rotatable bonds is 7. The van der Waals surface area contributed by atoms with Gasteiger partial charge in [0.15, 0.2) is 5.96 Å². The van der Waals surface area contributed by atoms with E-state index in [-0.39, 0.29) is 24.0 Å². The minimum atomic E-state index is 0. The van der Waals surface area contributed by atoms with E-state index in [9.17, 15) is 0 Å². The van der Waals surface area contributed by atoms with Crippen LogP contribution in [0.25, 0.3) is 0 Å². The molecule has 0 spiro atoms. The van der Waals surface area contributed by atoms with Crippen molar-refractivity contribution in [2.45, 2.75) is 39.7 Å². The molecular formula is C13H29IN4. The van der Waals surface area contributed by atoms with E-state index < -0.39 is 0 Å². The van der Waals surface area contributed by atoms with E-state index in [1.165, 1.54) is 19.4 Å². The first-order valence-electron chi connectivity index (χ1n) is 6.90. The molecule has 1 saturated carbocycles. The summed E-state index contributed by atoms with van der Waals surface area (Å²) < 4.78 is 0. The van der Waals surface area contributed by atoms with E-state index in [1.807, 2.05) is 7.05 Å². The normalized spacial score (nSPS) is 22.6. The van der Waals surface area contributed by atoms with Crippen LogP contribution in [0.1, 0.15) is 33.6 Å². The van der Waals surface area contributed by atoms with Crippen LogP contribution in [-0.4, -0.2) is 50.1 Å². The largest absolute Gasteiger partial charge is 0.355 e. The summed E-state index contributed by atoms with van der Waals surface area (Å²) in [6.45, 7) is 11.1. The minimum Gasteiger partial charge on any atom is -0.355 e. The number of hydrogen-bond acceptors (Lipinski definition) is 2. The molecule has 108 valence electrons. The lowest BCUT2D eigenvalue weighted by Gasteiger charge is -2.20. The van der Waals surface area contributed by atoms with Crippen molar-refractivity contribution in [1.82, 2.24) is 15.5 Å². The fraction of sp³-hybridized carbons (Fsp3) is 0.923. The van der Waals surface area contributed by atoms with Gasteiger partial charge in [-0.05, 0) is 31.8 Å². The average molecular weight is 368 g/mol. The van der Waals surface area contributed by atoms with Crippen LogP contribution in [0.2, 0.25) is 0 Å². The van der Waals surface area contributed by atoms with Gasteiger partial charge in [0.05, 0.1) is 0 Å². The van der Waals surface area contributed by atoms with Crippen molar-refractivity contribution >= 4 is 29.9 Å². The molecule has 1 fully saturated rings. The van der Waals surface area contributed by atoms with Gasteiger partial charge in [-0.15, -0.1) is 24.0 Å². The first kappa shape index (κ1) is 18.0. The Morgan fingerprint density at radius 1 is 1.33 bits per heavy atom. The maximum absolute atomic E-state index is 4.25. The van der Waals surface area contributed by atoms with Crippen molar-refractivity contribution < 1.29 is 0 Å². The number of hydrogen-bond donors (Lipinski definition) is 2. The molecule has 0 heterocycles. The maximum atomic E-state index is 4.25. The third-order valence-electron chi connectivity index (χ3n) is 3.36. The SMILES string of the molecule is CCCN(CC)CCNC(=NC)NC1CC1C.I. The Morgan fingerprint density at radius 3 is 2.44 bits per heavy atom. The van der Waals surface area contributed by atoms with Crippen molar-refractivity contribution in [3.05, 3.63) is 0 Å². The first-order valence-corrected chi connectivity index (χ1v) is 6.90. The van der Waals surface area contributed by atoms with Gasteiger partial charge < -0.3 is 15.5 Å². The van der Waals surface area contributed by atoms with Crippen LogP contribution < -0.4 is 10.6 Å². The van der Waals surface area contributed by atoms with Crippen molar-refractivity contribution in [3.63, 3.8) is 0 Å². The Bertz CT molecular complexity index is 245. The maximum Gasteiger partial charge on any atom is 0.191 e. The average Bonchev–Trinajstić information content (AvgIpc) is 3.02. The van der Waals surface area contributed by atoms with Gasteiger partial charge in [-0.1, -0.05) is 20.8 Å². The van der Waals surface area contributed by atoms with Gasteiger partial charge in [0.1, 0.15) is 0 Å². The number of likely N-dealkylation sites (N-methyl/N-ethyl adjacent to an activating group) is 1. The second kappa shape index (κ2) is 9.83. The molecule has 1 aliphatic carbocycles. The van der Waals surface area contributed by atoms with Crippen molar-refractivity contribution in [2.24, 2.45) is 10.9 Å². The van der Waals surface area contributed by atoms with Gasteiger partial charge in [0.25, 0.3) is 0 Å². The zero-order chi connectivity index (χ0) is 12.7. The molecule has 1 rings (SSSR count). The van der Waals surface area contributed by atoms with E-state index >= 15 is 0 Å². The van der Waals surface area contributed by atoms with E-state index in [0.717, 1.165) is 31.5 Å². The second-order valence-electron chi connectivity index (χ2n) is 4.90. The van der Waals surface area contributed by atoms with Crippen molar-refractivity contribution in [2.75, 3.05) is 33.2 Å². The third kappa shape index (κ3) is 6.78. The van der Waals surface area contributed by atoms with E-state index in [2.05, 4.69) is 41.3 Å². The summed E-state index contributed by atoms with van der Waals surface area (Å²) in [5.41, 5.74) is 0. The minimum absolute atomic E-state index is 0. The Morgan fingerprint density at radius 2 is 2.00 bits per heavy atom. The predicted octanol–water partition coefficient (Wildman–Crippen LogP) is 1.91. The van der Waals surface area contributed by atoms with Crippen LogP contribution in [0.5, 0.6) is 0 Å². The zero-order valence-electron chi connectivity index (χ0n) is 12.2. The molecule has 5 heteroatoms. The Hall–Kier alpha value is -0.0400. The molecule has 4 nitrogen and oxygen atoms in total. The lowest BCUT2D eigenvalue weighted by atomic mass is 10.4. The Kier molecular flexibility index (Phi) is 9.81. The second-order valence-corrected chi connectivity index (χ2v) is 4.90. The summed E-state index contributed by atoms with van der Waals surface area (Å²) >= 11 is 0. The molecule has 2 atom stereocenters. The summed E-state index contributed by atoms with van der Waals surface area (Å²) in [6.07, 6.45) is 2.50. The molecule has 0 aliphatic heterocycles. The zero-order valence-corrected chi connectivity index (χ0v) is 14.5. The molecule has 0 saturated heterocycles. The number of nitrogens with one attached hydrogen (secondary N) is 2. The molecule has 2 unspecified atom stereocenters. The van der Waals surface area contributed by atoms with Crippen molar-refractivity contribution in [3.8, 4) is 0 Å². The van der Waals surface area contributed by atoms with Gasteiger partial charge in [-0.2, -0.15) is 0 Å². The smallest absolute Gasteiger partial charge is 0.191 e. The van der Waals surface area contributed by atoms with Crippen LogP contribution in [0.15, 0.2) is 4.99 Å². The number of aliphatic imine (C=N–C) groups is 1. The third-order valence-corrected chi connectivity index (χ3v) is 3.36. The van der Waals surface area contributed by atoms with Crippen LogP contribution in [-0.2, 0) is 0 Å². The molecule has 0 aromatic heterocycles. The summed E-state index contributed by atoms with van der Waals surface area (Å²) in [5.74, 6) is 1.76. The van der Waals surface area contributed by atoms with Crippen LogP contribution >= 0.6 is 24.0 Å². The molecule has 0 amide bonds. The highest BCUT2D eigenvalue weighted by Crippen LogP contribution is 2.28. The Balaban J connectivity index is 0.00000289. The molecule has 0 aromatic carbocycles. The van der Waals surface area contributed by atoms with Gasteiger partial charge >= 0.3 is 0 Å². The van der Waals surface area contributed by atoms with Crippen LogP contribution in [0.4, 0.5) is 0 Å². The van der Waals surface area contributed by atoms with Gasteiger partial charge in [0, 0.05) is 26.2 Å². The molecule has 0 aromatic rings. The van der Waals surface area contributed by atoms with Crippen molar-refractivity contribution in [1.29, 1.82) is 0 Å². The highest BCUT2D eigenvalue weighted by Gasteiger charge is 2.33. The lowest BCUT2D eigenvalue weighted by Crippen LogP contribution is -2.42.